The summed E-state index contributed by atoms with van der Waals surface area (Å²) in [5, 5.41) is 2.94. The molecule has 1 aliphatic heterocycles. The number of hydrogen-bond donors (Lipinski definition) is 1. The zero-order valence-corrected chi connectivity index (χ0v) is 15.3. The monoisotopic (exact) mass is 370 g/mol. The second-order valence-electron chi connectivity index (χ2n) is 6.91. The van der Waals surface area contributed by atoms with E-state index in [9.17, 15) is 4.79 Å². The van der Waals surface area contributed by atoms with Crippen molar-refractivity contribution in [3.63, 3.8) is 0 Å². The first-order chi connectivity index (χ1) is 13.7. The highest BCUT2D eigenvalue weighted by Gasteiger charge is 2.14. The number of carbonyl (C=O) groups excluding carboxylic acids is 1. The fourth-order valence-corrected chi connectivity index (χ4v) is 3.34. The number of carbonyl (C=O) groups is 1. The number of fused-ring (bicyclic) bond motifs is 2. The van der Waals surface area contributed by atoms with Gasteiger partial charge in [0.25, 0.3) is 5.91 Å². The lowest BCUT2D eigenvalue weighted by Crippen LogP contribution is -2.12. The molecule has 1 aliphatic rings. The maximum absolute atomic E-state index is 12.5. The molecule has 2 aromatic carbocycles. The summed E-state index contributed by atoms with van der Waals surface area (Å²) in [6, 6.07) is 15.3. The Morgan fingerprint density at radius 2 is 1.86 bits per heavy atom. The molecule has 0 spiro atoms. The summed E-state index contributed by atoms with van der Waals surface area (Å²) in [4.78, 5) is 21.5. The quantitative estimate of drug-likeness (QED) is 0.592. The fourth-order valence-electron chi connectivity index (χ4n) is 3.34. The van der Waals surface area contributed by atoms with Gasteiger partial charge >= 0.3 is 0 Å². The van der Waals surface area contributed by atoms with E-state index in [2.05, 4.69) is 15.3 Å². The summed E-state index contributed by atoms with van der Waals surface area (Å²) in [5.74, 6) is 0.544. The molecular weight excluding hydrogens is 352 g/mol. The van der Waals surface area contributed by atoms with Crippen LogP contribution >= 0.6 is 0 Å². The molecule has 28 heavy (non-hydrogen) atoms. The molecule has 0 aliphatic carbocycles. The van der Waals surface area contributed by atoms with Gasteiger partial charge in [0.1, 0.15) is 0 Å². The van der Waals surface area contributed by atoms with Gasteiger partial charge in [0.15, 0.2) is 0 Å². The van der Waals surface area contributed by atoms with Gasteiger partial charge in [-0.15, -0.1) is 0 Å². The SMILES string of the molecule is Cc1ccn2cc(-c3ccc(NC(=O)c4ccc5c(c4)COC5)cc3)nc2n1. The average molecular weight is 370 g/mol. The van der Waals surface area contributed by atoms with Gasteiger partial charge in [-0.2, -0.15) is 0 Å². The molecule has 1 N–H and O–H groups in total. The summed E-state index contributed by atoms with van der Waals surface area (Å²) in [6.45, 7) is 3.13. The molecule has 5 rings (SSSR count). The first kappa shape index (κ1) is 16.6. The molecule has 0 atom stereocenters. The first-order valence-electron chi connectivity index (χ1n) is 9.09. The van der Waals surface area contributed by atoms with Crippen LogP contribution in [0.25, 0.3) is 17.0 Å². The van der Waals surface area contributed by atoms with E-state index in [1.807, 2.05) is 72.2 Å². The number of anilines is 1. The number of rotatable bonds is 3. The van der Waals surface area contributed by atoms with Gasteiger partial charge in [-0.3, -0.25) is 9.20 Å². The van der Waals surface area contributed by atoms with Gasteiger partial charge in [-0.05, 0) is 48.4 Å². The third-order valence-electron chi connectivity index (χ3n) is 4.89. The van der Waals surface area contributed by atoms with E-state index in [0.717, 1.165) is 33.8 Å². The molecule has 0 unspecified atom stereocenters. The lowest BCUT2D eigenvalue weighted by atomic mass is 10.1. The predicted molar refractivity (Wildman–Crippen MR) is 106 cm³/mol. The molecule has 3 heterocycles. The number of hydrogen-bond acceptors (Lipinski definition) is 4. The Balaban J connectivity index is 1.35. The first-order valence-corrected chi connectivity index (χ1v) is 9.09. The van der Waals surface area contributed by atoms with Crippen molar-refractivity contribution in [1.29, 1.82) is 0 Å². The van der Waals surface area contributed by atoms with E-state index in [4.69, 9.17) is 4.74 Å². The smallest absolute Gasteiger partial charge is 0.255 e. The van der Waals surface area contributed by atoms with Gasteiger partial charge in [0.05, 0.1) is 18.9 Å². The number of amides is 1. The number of imidazole rings is 1. The largest absolute Gasteiger partial charge is 0.372 e. The Labute approximate surface area is 161 Å². The van der Waals surface area contributed by atoms with Crippen molar-refractivity contribution in [3.05, 3.63) is 83.3 Å². The summed E-state index contributed by atoms with van der Waals surface area (Å²) in [7, 11) is 0. The van der Waals surface area contributed by atoms with Crippen molar-refractivity contribution < 1.29 is 9.53 Å². The van der Waals surface area contributed by atoms with Crippen molar-refractivity contribution in [2.45, 2.75) is 20.1 Å². The molecule has 0 bridgehead atoms. The highest BCUT2D eigenvalue weighted by Crippen LogP contribution is 2.23. The Hall–Kier alpha value is -3.51. The second kappa shape index (κ2) is 6.58. The van der Waals surface area contributed by atoms with Gasteiger partial charge in [-0.25, -0.2) is 9.97 Å². The van der Waals surface area contributed by atoms with Gasteiger partial charge in [-0.1, -0.05) is 18.2 Å². The minimum absolute atomic E-state index is 0.130. The van der Waals surface area contributed by atoms with E-state index in [1.165, 1.54) is 0 Å². The molecule has 4 aromatic rings. The minimum atomic E-state index is -0.130. The zero-order valence-electron chi connectivity index (χ0n) is 15.3. The van der Waals surface area contributed by atoms with Crippen LogP contribution in [0.3, 0.4) is 0 Å². The average Bonchev–Trinajstić information content (AvgIpc) is 3.34. The Morgan fingerprint density at radius 3 is 2.71 bits per heavy atom. The molecule has 0 fully saturated rings. The van der Waals surface area contributed by atoms with Crippen LogP contribution in [0, 0.1) is 6.92 Å². The number of ether oxygens (including phenoxy) is 1. The summed E-state index contributed by atoms with van der Waals surface area (Å²) in [6.07, 6.45) is 3.90. The molecule has 138 valence electrons. The lowest BCUT2D eigenvalue weighted by Gasteiger charge is -2.07. The van der Waals surface area contributed by atoms with Crippen LogP contribution in [-0.4, -0.2) is 20.3 Å². The highest BCUT2D eigenvalue weighted by atomic mass is 16.5. The van der Waals surface area contributed by atoms with E-state index < -0.39 is 0 Å². The maximum Gasteiger partial charge on any atom is 0.255 e. The van der Waals surface area contributed by atoms with Crippen LogP contribution in [0.4, 0.5) is 5.69 Å². The molecule has 2 aromatic heterocycles. The van der Waals surface area contributed by atoms with E-state index in [-0.39, 0.29) is 5.91 Å². The van der Waals surface area contributed by atoms with E-state index in [0.29, 0.717) is 24.6 Å². The Bertz CT molecular complexity index is 1200. The molecular formula is C22H18N4O2. The fraction of sp³-hybridized carbons (Fsp3) is 0.136. The molecule has 6 nitrogen and oxygen atoms in total. The predicted octanol–water partition coefficient (Wildman–Crippen LogP) is 3.99. The summed E-state index contributed by atoms with van der Waals surface area (Å²) >= 11 is 0. The van der Waals surface area contributed by atoms with Crippen LogP contribution in [0.1, 0.15) is 27.2 Å². The number of nitrogens with one attached hydrogen (secondary N) is 1. The molecule has 6 heteroatoms. The normalized spacial score (nSPS) is 12.9. The van der Waals surface area contributed by atoms with Crippen LogP contribution in [0.2, 0.25) is 0 Å². The van der Waals surface area contributed by atoms with Crippen molar-refractivity contribution in [2.24, 2.45) is 0 Å². The van der Waals surface area contributed by atoms with Crippen LogP contribution in [0.5, 0.6) is 0 Å². The van der Waals surface area contributed by atoms with Crippen LogP contribution < -0.4 is 5.32 Å². The summed E-state index contributed by atoms with van der Waals surface area (Å²) < 4.78 is 7.31. The summed E-state index contributed by atoms with van der Waals surface area (Å²) in [5.41, 5.74) is 6.35. The molecule has 0 saturated heterocycles. The molecule has 0 radical (unpaired) electrons. The van der Waals surface area contributed by atoms with Crippen molar-refractivity contribution in [2.75, 3.05) is 5.32 Å². The van der Waals surface area contributed by atoms with E-state index >= 15 is 0 Å². The third-order valence-corrected chi connectivity index (χ3v) is 4.89. The zero-order chi connectivity index (χ0) is 19.1. The van der Waals surface area contributed by atoms with Gasteiger partial charge < -0.3 is 10.1 Å². The molecule has 1 amide bonds. The number of aryl methyl sites for hydroxylation is 1. The van der Waals surface area contributed by atoms with Crippen molar-refractivity contribution in [3.8, 4) is 11.3 Å². The van der Waals surface area contributed by atoms with Crippen LogP contribution in [0.15, 0.2) is 60.9 Å². The van der Waals surface area contributed by atoms with Crippen molar-refractivity contribution >= 4 is 17.4 Å². The van der Waals surface area contributed by atoms with E-state index in [1.54, 1.807) is 0 Å². The Kier molecular flexibility index (Phi) is 3.91. The third kappa shape index (κ3) is 3.04. The highest BCUT2D eigenvalue weighted by molar-refractivity contribution is 6.04. The topological polar surface area (TPSA) is 68.5 Å². The number of nitrogens with zero attached hydrogens (tertiary/aromatic N) is 3. The van der Waals surface area contributed by atoms with Gasteiger partial charge in [0.2, 0.25) is 5.78 Å². The number of aromatic nitrogens is 3. The maximum atomic E-state index is 12.5. The number of benzene rings is 2. The second-order valence-corrected chi connectivity index (χ2v) is 6.91. The molecule has 0 saturated carbocycles. The van der Waals surface area contributed by atoms with Crippen molar-refractivity contribution in [1.82, 2.24) is 14.4 Å². The lowest BCUT2D eigenvalue weighted by molar-refractivity contribution is 0.102. The standard InChI is InChI=1S/C22H18N4O2/c1-14-8-9-26-11-20(25-22(26)23-14)15-4-6-19(7-5-15)24-21(27)16-2-3-17-12-28-13-18(17)10-16/h2-11H,12-13H2,1H3,(H,24,27). The van der Waals surface area contributed by atoms with Gasteiger partial charge in [0, 0.05) is 34.9 Å². The van der Waals surface area contributed by atoms with Crippen LogP contribution in [-0.2, 0) is 18.0 Å². The Morgan fingerprint density at radius 1 is 1.04 bits per heavy atom. The minimum Gasteiger partial charge on any atom is -0.372 e.